The van der Waals surface area contributed by atoms with Crippen molar-refractivity contribution >= 4 is 39.3 Å². The molecule has 0 spiro atoms. The van der Waals surface area contributed by atoms with Crippen molar-refractivity contribution in [2.45, 2.75) is 38.6 Å². The number of aromatic nitrogens is 2. The highest BCUT2D eigenvalue weighted by atomic mass is 32.1. The van der Waals surface area contributed by atoms with Gasteiger partial charge in [-0.25, -0.2) is 19.6 Å². The molecule has 2 atom stereocenters. The first-order valence-corrected chi connectivity index (χ1v) is 8.28. The third kappa shape index (κ3) is 4.62. The predicted molar refractivity (Wildman–Crippen MR) is 87.7 cm³/mol. The lowest BCUT2D eigenvalue weighted by Gasteiger charge is -2.30. The molecule has 2 unspecified atom stereocenters. The maximum absolute atomic E-state index is 9.10. The second-order valence-corrected chi connectivity index (χ2v) is 6.38. The largest absolute Gasteiger partial charge is 0.473 e. The van der Waals surface area contributed by atoms with E-state index in [2.05, 4.69) is 33.7 Å². The molecule has 0 amide bonds. The van der Waals surface area contributed by atoms with Gasteiger partial charge in [0.05, 0.1) is 5.39 Å². The first-order valence-electron chi connectivity index (χ1n) is 7.40. The van der Waals surface area contributed by atoms with E-state index in [0.717, 1.165) is 22.0 Å². The van der Waals surface area contributed by atoms with Crippen LogP contribution in [0, 0.1) is 5.92 Å². The Balaban J connectivity index is 0.000000277. The van der Waals surface area contributed by atoms with Crippen molar-refractivity contribution in [1.29, 1.82) is 0 Å². The van der Waals surface area contributed by atoms with Gasteiger partial charge in [0, 0.05) is 6.04 Å². The van der Waals surface area contributed by atoms with Gasteiger partial charge in [0.2, 0.25) is 0 Å². The average Bonchev–Trinajstić information content (AvgIpc) is 2.99. The Morgan fingerprint density at radius 3 is 2.57 bits per heavy atom. The molecule has 2 aromatic heterocycles. The molecule has 1 aliphatic carbocycles. The van der Waals surface area contributed by atoms with E-state index >= 15 is 0 Å². The lowest BCUT2D eigenvalue weighted by molar-refractivity contribution is -0.159. The molecule has 3 rings (SSSR count). The van der Waals surface area contributed by atoms with E-state index < -0.39 is 11.9 Å². The molecule has 0 saturated heterocycles. The van der Waals surface area contributed by atoms with Crippen molar-refractivity contribution in [1.82, 2.24) is 9.97 Å². The van der Waals surface area contributed by atoms with Gasteiger partial charge < -0.3 is 15.5 Å². The number of aliphatic carboxylic acids is 2. The Morgan fingerprint density at radius 2 is 1.91 bits per heavy atom. The van der Waals surface area contributed by atoms with Crippen molar-refractivity contribution in [2.24, 2.45) is 5.92 Å². The zero-order valence-corrected chi connectivity index (χ0v) is 13.5. The molecule has 8 heteroatoms. The maximum Gasteiger partial charge on any atom is 0.414 e. The molecule has 2 aromatic rings. The zero-order chi connectivity index (χ0) is 16.8. The van der Waals surface area contributed by atoms with Crippen molar-refractivity contribution < 1.29 is 19.8 Å². The van der Waals surface area contributed by atoms with E-state index in [1.165, 1.54) is 25.7 Å². The minimum atomic E-state index is -1.82. The molecule has 0 aromatic carbocycles. The number of anilines is 1. The Morgan fingerprint density at radius 1 is 1.22 bits per heavy atom. The van der Waals surface area contributed by atoms with E-state index in [1.807, 2.05) is 0 Å². The summed E-state index contributed by atoms with van der Waals surface area (Å²) in [4.78, 5) is 27.9. The Bertz CT molecular complexity index is 676. The fraction of sp³-hybridized carbons (Fsp3) is 0.467. The number of thiophene rings is 1. The van der Waals surface area contributed by atoms with Gasteiger partial charge in [0.15, 0.2) is 0 Å². The van der Waals surface area contributed by atoms with Gasteiger partial charge >= 0.3 is 11.9 Å². The minimum absolute atomic E-state index is 0.571. The van der Waals surface area contributed by atoms with Gasteiger partial charge in [-0.15, -0.1) is 11.3 Å². The number of carboxylic acid groups (broad SMARTS) is 2. The van der Waals surface area contributed by atoms with Crippen LogP contribution in [0.1, 0.15) is 32.6 Å². The van der Waals surface area contributed by atoms with Crippen LogP contribution in [0.3, 0.4) is 0 Å². The number of rotatable bonds is 2. The molecule has 1 saturated carbocycles. The van der Waals surface area contributed by atoms with E-state index in [9.17, 15) is 0 Å². The Kier molecular flexibility index (Phi) is 5.86. The molecule has 1 aliphatic rings. The molecule has 0 bridgehead atoms. The van der Waals surface area contributed by atoms with E-state index in [0.29, 0.717) is 6.04 Å². The summed E-state index contributed by atoms with van der Waals surface area (Å²) in [7, 11) is 0. The van der Waals surface area contributed by atoms with Gasteiger partial charge in [0.1, 0.15) is 17.0 Å². The first kappa shape index (κ1) is 17.1. The third-order valence-corrected chi connectivity index (χ3v) is 4.70. The van der Waals surface area contributed by atoms with Crippen molar-refractivity contribution in [3.8, 4) is 0 Å². The standard InChI is InChI=1S/C13H17N3S.C2H2O4/c1-9-4-2-3-5-11(9)16-12-10-6-7-17-13(10)15-8-14-12;3-1(4)2(5)6/h6-9,11H,2-5H2,1H3,(H,14,15,16);(H,3,4)(H,5,6). The first-order chi connectivity index (χ1) is 11.0. The normalized spacial score (nSPS) is 20.4. The van der Waals surface area contributed by atoms with Crippen LogP contribution in [0.15, 0.2) is 17.8 Å². The molecule has 0 radical (unpaired) electrons. The maximum atomic E-state index is 9.10. The summed E-state index contributed by atoms with van der Waals surface area (Å²) in [5.41, 5.74) is 0. The highest BCUT2D eigenvalue weighted by Gasteiger charge is 2.22. The lowest BCUT2D eigenvalue weighted by Crippen LogP contribution is -2.30. The van der Waals surface area contributed by atoms with Crippen LogP contribution in [0.4, 0.5) is 5.82 Å². The van der Waals surface area contributed by atoms with Crippen LogP contribution < -0.4 is 5.32 Å². The number of hydrogen-bond donors (Lipinski definition) is 3. The smallest absolute Gasteiger partial charge is 0.414 e. The van der Waals surface area contributed by atoms with Crippen molar-refractivity contribution in [3.05, 3.63) is 17.8 Å². The van der Waals surface area contributed by atoms with Gasteiger partial charge in [-0.05, 0) is 30.2 Å². The zero-order valence-electron chi connectivity index (χ0n) is 12.7. The molecule has 1 fully saturated rings. The minimum Gasteiger partial charge on any atom is -0.473 e. The van der Waals surface area contributed by atoms with Gasteiger partial charge in [-0.3, -0.25) is 0 Å². The topological polar surface area (TPSA) is 112 Å². The highest BCUT2D eigenvalue weighted by Crippen LogP contribution is 2.29. The van der Waals surface area contributed by atoms with E-state index in [-0.39, 0.29) is 0 Å². The number of nitrogens with one attached hydrogen (secondary N) is 1. The number of nitrogens with zero attached hydrogens (tertiary/aromatic N) is 2. The summed E-state index contributed by atoms with van der Waals surface area (Å²) < 4.78 is 0. The monoisotopic (exact) mass is 337 g/mol. The van der Waals surface area contributed by atoms with Crippen molar-refractivity contribution in [3.63, 3.8) is 0 Å². The third-order valence-electron chi connectivity index (χ3n) is 3.88. The van der Waals surface area contributed by atoms with Gasteiger partial charge in [-0.1, -0.05) is 19.8 Å². The van der Waals surface area contributed by atoms with Crippen LogP contribution in [0.5, 0.6) is 0 Å². The van der Waals surface area contributed by atoms with Gasteiger partial charge in [0.25, 0.3) is 0 Å². The molecule has 3 N–H and O–H groups in total. The number of hydrogen-bond acceptors (Lipinski definition) is 6. The predicted octanol–water partition coefficient (Wildman–Crippen LogP) is 2.84. The molecular weight excluding hydrogens is 318 g/mol. The van der Waals surface area contributed by atoms with Crippen LogP contribution >= 0.6 is 11.3 Å². The summed E-state index contributed by atoms with van der Waals surface area (Å²) in [6, 6.07) is 2.68. The molecule has 124 valence electrons. The van der Waals surface area contributed by atoms with E-state index in [4.69, 9.17) is 19.8 Å². The lowest BCUT2D eigenvalue weighted by atomic mass is 9.86. The van der Waals surface area contributed by atoms with Crippen LogP contribution in [0.2, 0.25) is 0 Å². The molecule has 7 nitrogen and oxygen atoms in total. The van der Waals surface area contributed by atoms with Crippen molar-refractivity contribution in [2.75, 3.05) is 5.32 Å². The summed E-state index contributed by atoms with van der Waals surface area (Å²) in [6.07, 6.45) is 6.96. The van der Waals surface area contributed by atoms with Crippen LogP contribution in [-0.2, 0) is 9.59 Å². The van der Waals surface area contributed by atoms with E-state index in [1.54, 1.807) is 17.7 Å². The Hall–Kier alpha value is -2.22. The highest BCUT2D eigenvalue weighted by molar-refractivity contribution is 7.16. The number of fused-ring (bicyclic) bond motifs is 1. The summed E-state index contributed by atoms with van der Waals surface area (Å²) in [5, 5.41) is 21.6. The van der Waals surface area contributed by atoms with Crippen LogP contribution in [0.25, 0.3) is 10.2 Å². The SMILES string of the molecule is CC1CCCCC1Nc1ncnc2sccc12.O=C(O)C(=O)O. The molecule has 23 heavy (non-hydrogen) atoms. The fourth-order valence-corrected chi connectivity index (χ4v) is 3.34. The molecule has 0 aliphatic heterocycles. The second-order valence-electron chi connectivity index (χ2n) is 5.48. The molecular formula is C15H19N3O4S. The average molecular weight is 337 g/mol. The second kappa shape index (κ2) is 7.87. The van der Waals surface area contributed by atoms with Crippen LogP contribution in [-0.4, -0.2) is 38.2 Å². The van der Waals surface area contributed by atoms with Gasteiger partial charge in [-0.2, -0.15) is 0 Å². The number of carboxylic acids is 2. The quantitative estimate of drug-likeness (QED) is 0.722. The number of carbonyl (C=O) groups is 2. The summed E-state index contributed by atoms with van der Waals surface area (Å²) >= 11 is 1.67. The molecule has 2 heterocycles. The Labute approximate surface area is 137 Å². The fourth-order valence-electron chi connectivity index (χ4n) is 2.61. The summed E-state index contributed by atoms with van der Waals surface area (Å²) in [6.45, 7) is 2.34. The summed E-state index contributed by atoms with van der Waals surface area (Å²) in [5.74, 6) is -1.90.